The number of esters is 1. The molecular formula is C33H45N3O7. The summed E-state index contributed by atoms with van der Waals surface area (Å²) in [5.74, 6) is -3.16. The standard InChI is InChI=1S/C33H45N3O7/c1-6-8-15-25(38)34-22(5)28(23-13-10-9-11-14-23)42-32(41)26-24-16-17-33(43-24)27(26)30(39)36(19-12-20-37)29(33)31(40)35(18-7-2)21(3)4/h6-7,9-11,13-14,21-22,24,26-29,37H,1-2,8,12,15-20H2,3-5H3,(H,34,38)/t22-,24-,26+,27+,28-,29-,33+/m0/s1. The molecular weight excluding hydrogens is 550 g/mol. The van der Waals surface area contributed by atoms with Gasteiger partial charge in [-0.15, -0.1) is 13.2 Å². The van der Waals surface area contributed by atoms with Crippen LogP contribution in [0.3, 0.4) is 0 Å². The molecule has 2 N–H and O–H groups in total. The molecule has 1 spiro atoms. The number of carbonyl (C=O) groups excluding carboxylic acids is 4. The molecule has 3 amide bonds. The predicted octanol–water partition coefficient (Wildman–Crippen LogP) is 2.92. The lowest BCUT2D eigenvalue weighted by Crippen LogP contribution is -2.57. The van der Waals surface area contributed by atoms with Crippen LogP contribution in [0.15, 0.2) is 55.6 Å². The number of hydrogen-bond acceptors (Lipinski definition) is 7. The van der Waals surface area contributed by atoms with Crippen LogP contribution >= 0.6 is 0 Å². The zero-order valence-corrected chi connectivity index (χ0v) is 25.4. The van der Waals surface area contributed by atoms with Crippen molar-refractivity contribution in [3.63, 3.8) is 0 Å². The second kappa shape index (κ2) is 13.9. The highest BCUT2D eigenvalue weighted by Gasteiger charge is 2.75. The fourth-order valence-electron chi connectivity index (χ4n) is 6.97. The van der Waals surface area contributed by atoms with Crippen LogP contribution in [0, 0.1) is 11.8 Å². The van der Waals surface area contributed by atoms with Crippen molar-refractivity contribution in [2.75, 3.05) is 19.7 Å². The van der Waals surface area contributed by atoms with Gasteiger partial charge in [0.2, 0.25) is 17.7 Å². The lowest BCUT2D eigenvalue weighted by molar-refractivity contribution is -0.162. The Morgan fingerprint density at radius 2 is 1.93 bits per heavy atom. The maximum atomic E-state index is 14.1. The van der Waals surface area contributed by atoms with E-state index >= 15 is 0 Å². The molecule has 0 unspecified atom stereocenters. The topological polar surface area (TPSA) is 125 Å². The number of rotatable bonds is 15. The zero-order valence-electron chi connectivity index (χ0n) is 25.4. The molecule has 0 aromatic heterocycles. The Labute approximate surface area is 254 Å². The largest absolute Gasteiger partial charge is 0.455 e. The van der Waals surface area contributed by atoms with Gasteiger partial charge in [-0.3, -0.25) is 19.2 Å². The third kappa shape index (κ3) is 6.26. The van der Waals surface area contributed by atoms with Crippen LogP contribution in [0.4, 0.5) is 0 Å². The molecule has 234 valence electrons. The zero-order chi connectivity index (χ0) is 31.3. The number of hydrogen-bond donors (Lipinski definition) is 2. The van der Waals surface area contributed by atoms with Crippen molar-refractivity contribution in [1.82, 2.24) is 15.1 Å². The first-order valence-electron chi connectivity index (χ1n) is 15.3. The SMILES string of the molecule is C=CCCC(=O)N[C@@H](C)[C@H](OC(=O)[C@@H]1[C@@H]2CC[C@]3(O2)[C@H](C(=O)N(CC=C)C(C)C)N(CCCO)C(=O)[C@@H]13)c1ccccc1. The molecule has 1 aromatic carbocycles. The van der Waals surface area contributed by atoms with E-state index in [1.807, 2.05) is 44.2 Å². The Morgan fingerprint density at radius 1 is 1.21 bits per heavy atom. The van der Waals surface area contributed by atoms with Crippen molar-refractivity contribution < 1.29 is 33.8 Å². The van der Waals surface area contributed by atoms with Crippen LogP contribution in [0.1, 0.15) is 64.5 Å². The minimum atomic E-state index is -1.17. The number of allylic oxidation sites excluding steroid dienone is 1. The third-order valence-corrected chi connectivity index (χ3v) is 8.89. The molecule has 3 aliphatic heterocycles. The fourth-order valence-corrected chi connectivity index (χ4v) is 6.97. The summed E-state index contributed by atoms with van der Waals surface area (Å²) in [6.07, 6.45) is 3.99. The fraction of sp³-hybridized carbons (Fsp3) is 0.576. The highest BCUT2D eigenvalue weighted by molar-refractivity contribution is 5.98. The number of ether oxygens (including phenoxy) is 2. The number of nitrogens with zero attached hydrogens (tertiary/aromatic N) is 2. The van der Waals surface area contributed by atoms with Gasteiger partial charge in [-0.1, -0.05) is 42.5 Å². The maximum Gasteiger partial charge on any atom is 0.313 e. The molecule has 3 heterocycles. The maximum absolute atomic E-state index is 14.1. The molecule has 10 heteroatoms. The van der Waals surface area contributed by atoms with Gasteiger partial charge in [-0.25, -0.2) is 0 Å². The van der Waals surface area contributed by atoms with Crippen LogP contribution in [-0.2, 0) is 28.7 Å². The van der Waals surface area contributed by atoms with E-state index < -0.39 is 47.7 Å². The minimum absolute atomic E-state index is 0.146. The van der Waals surface area contributed by atoms with Crippen LogP contribution in [0.2, 0.25) is 0 Å². The first-order chi connectivity index (χ1) is 20.6. The van der Waals surface area contributed by atoms with E-state index in [4.69, 9.17) is 9.47 Å². The van der Waals surface area contributed by atoms with Gasteiger partial charge >= 0.3 is 5.97 Å². The first-order valence-corrected chi connectivity index (χ1v) is 15.3. The molecule has 3 saturated heterocycles. The Kier molecular flexibility index (Phi) is 10.4. The van der Waals surface area contributed by atoms with E-state index in [9.17, 15) is 24.3 Å². The molecule has 10 nitrogen and oxygen atoms in total. The number of aliphatic hydroxyl groups is 1. The van der Waals surface area contributed by atoms with E-state index in [1.165, 1.54) is 4.90 Å². The van der Waals surface area contributed by atoms with Gasteiger partial charge in [-0.2, -0.15) is 0 Å². The normalized spacial score (nSPS) is 27.0. The van der Waals surface area contributed by atoms with Crippen molar-refractivity contribution in [2.45, 2.75) is 88.8 Å². The molecule has 1 aromatic rings. The summed E-state index contributed by atoms with van der Waals surface area (Å²) in [4.78, 5) is 58.0. The van der Waals surface area contributed by atoms with Gasteiger partial charge in [0.1, 0.15) is 17.7 Å². The Morgan fingerprint density at radius 3 is 2.56 bits per heavy atom. The predicted molar refractivity (Wildman–Crippen MR) is 160 cm³/mol. The lowest BCUT2D eigenvalue weighted by atomic mass is 9.70. The van der Waals surface area contributed by atoms with Gasteiger partial charge in [0, 0.05) is 32.2 Å². The van der Waals surface area contributed by atoms with E-state index in [2.05, 4.69) is 18.5 Å². The molecule has 3 aliphatic rings. The number of benzene rings is 1. The number of fused-ring (bicyclic) bond motifs is 1. The van der Waals surface area contributed by atoms with Crippen molar-refractivity contribution in [3.8, 4) is 0 Å². The smallest absolute Gasteiger partial charge is 0.313 e. The van der Waals surface area contributed by atoms with E-state index in [1.54, 1.807) is 24.0 Å². The minimum Gasteiger partial charge on any atom is -0.455 e. The third-order valence-electron chi connectivity index (χ3n) is 8.89. The Bertz CT molecular complexity index is 1200. The molecule has 4 rings (SSSR count). The summed E-state index contributed by atoms with van der Waals surface area (Å²) in [6, 6.07) is 7.55. The van der Waals surface area contributed by atoms with Crippen LogP contribution in [0.25, 0.3) is 0 Å². The number of likely N-dealkylation sites (tertiary alicyclic amines) is 1. The quantitative estimate of drug-likeness (QED) is 0.236. The number of carbonyl (C=O) groups is 4. The van der Waals surface area contributed by atoms with Gasteiger partial charge in [0.25, 0.3) is 0 Å². The monoisotopic (exact) mass is 595 g/mol. The van der Waals surface area contributed by atoms with Crippen LogP contribution < -0.4 is 5.32 Å². The Hall–Kier alpha value is -3.50. The second-order valence-electron chi connectivity index (χ2n) is 12.0. The number of nitrogens with one attached hydrogen (secondary N) is 1. The highest BCUT2D eigenvalue weighted by atomic mass is 16.6. The van der Waals surface area contributed by atoms with Crippen LogP contribution in [-0.4, -0.2) is 88.1 Å². The van der Waals surface area contributed by atoms with Gasteiger partial charge in [0.05, 0.1) is 24.0 Å². The second-order valence-corrected chi connectivity index (χ2v) is 12.0. The van der Waals surface area contributed by atoms with Gasteiger partial charge in [-0.05, 0) is 52.0 Å². The summed E-state index contributed by atoms with van der Waals surface area (Å²) in [7, 11) is 0. The average molecular weight is 596 g/mol. The molecule has 0 radical (unpaired) electrons. The average Bonchev–Trinajstić information content (AvgIpc) is 3.63. The molecule has 0 aliphatic carbocycles. The van der Waals surface area contributed by atoms with Gasteiger partial charge in [0.15, 0.2) is 0 Å². The summed E-state index contributed by atoms with van der Waals surface area (Å²) < 4.78 is 12.7. The molecule has 0 saturated carbocycles. The highest BCUT2D eigenvalue weighted by Crippen LogP contribution is 2.59. The number of aliphatic hydroxyl groups excluding tert-OH is 1. The van der Waals surface area contributed by atoms with Crippen molar-refractivity contribution in [3.05, 3.63) is 61.2 Å². The summed E-state index contributed by atoms with van der Waals surface area (Å²) in [5.41, 5.74) is -0.461. The van der Waals surface area contributed by atoms with E-state index in [-0.39, 0.29) is 43.3 Å². The Balaban J connectivity index is 1.65. The summed E-state index contributed by atoms with van der Waals surface area (Å²) >= 11 is 0. The van der Waals surface area contributed by atoms with Crippen molar-refractivity contribution >= 4 is 23.7 Å². The molecule has 2 bridgehead atoms. The van der Waals surface area contributed by atoms with Crippen molar-refractivity contribution in [1.29, 1.82) is 0 Å². The molecule has 7 atom stereocenters. The molecule has 43 heavy (non-hydrogen) atoms. The van der Waals surface area contributed by atoms with E-state index in [0.717, 1.165) is 0 Å². The summed E-state index contributed by atoms with van der Waals surface area (Å²) in [5, 5.41) is 12.5. The van der Waals surface area contributed by atoms with Crippen LogP contribution in [0.5, 0.6) is 0 Å². The lowest BCUT2D eigenvalue weighted by Gasteiger charge is -2.38. The van der Waals surface area contributed by atoms with Crippen molar-refractivity contribution in [2.24, 2.45) is 11.8 Å². The van der Waals surface area contributed by atoms with Gasteiger partial charge < -0.3 is 29.7 Å². The van der Waals surface area contributed by atoms with E-state index in [0.29, 0.717) is 37.8 Å². The number of amides is 3. The summed E-state index contributed by atoms with van der Waals surface area (Å²) in [6.45, 7) is 13.4. The molecule has 3 fully saturated rings. The first kappa shape index (κ1) is 32.4.